The third-order valence-electron chi connectivity index (χ3n) is 1.76. The van der Waals surface area contributed by atoms with Crippen molar-refractivity contribution in [3.8, 4) is 0 Å². The fraction of sp³-hybridized carbons (Fsp3) is 0.600. The molecule has 0 aliphatic carbocycles. The van der Waals surface area contributed by atoms with Gasteiger partial charge in [0.25, 0.3) is 0 Å². The highest BCUT2D eigenvalue weighted by molar-refractivity contribution is 9.25. The van der Waals surface area contributed by atoms with Crippen LogP contribution in [-0.2, 0) is 0 Å². The third-order valence-corrected chi connectivity index (χ3v) is 2.78. The van der Waals surface area contributed by atoms with Crippen LogP contribution in [0, 0.1) is 20.2 Å². The van der Waals surface area contributed by atoms with Gasteiger partial charge in [-0.2, -0.15) is 0 Å². The summed E-state index contributed by atoms with van der Waals surface area (Å²) in [7, 11) is 0. The third kappa shape index (κ3) is 1.87. The zero-order valence-electron chi connectivity index (χ0n) is 6.65. The molecule has 14 heavy (non-hydrogen) atoms. The molecule has 1 rings (SSSR count). The van der Waals surface area contributed by atoms with Gasteiger partial charge in [0.05, 0.1) is 6.08 Å². The van der Waals surface area contributed by atoms with Gasteiger partial charge in [0.2, 0.25) is 0 Å². The summed E-state index contributed by atoms with van der Waals surface area (Å²) in [5.74, 6) is 0. The molecule has 1 aliphatic rings. The molecule has 0 atom stereocenters. The summed E-state index contributed by atoms with van der Waals surface area (Å²) in [6.45, 7) is 0. The van der Waals surface area contributed by atoms with Crippen molar-refractivity contribution in [2.24, 2.45) is 0 Å². The molecule has 0 saturated heterocycles. The van der Waals surface area contributed by atoms with E-state index in [2.05, 4.69) is 37.2 Å². The van der Waals surface area contributed by atoms with Crippen molar-refractivity contribution in [2.75, 3.05) is 0 Å². The largest absolute Gasteiger partial charge is 0.483 e. The van der Waals surface area contributed by atoms with Gasteiger partial charge in [0.15, 0.2) is 3.36 Å². The molecule has 78 valence electrons. The minimum atomic E-state index is -2.28. The molecule has 0 amide bonds. The SMILES string of the molecule is O=[N+]([O-])C1([N+](=O)[O-])C=CNC(Br)(Br)C1. The van der Waals surface area contributed by atoms with E-state index in [1.165, 1.54) is 6.20 Å². The Hall–Kier alpha value is -0.700. The Morgan fingerprint density at radius 2 is 1.79 bits per heavy atom. The van der Waals surface area contributed by atoms with E-state index in [0.717, 1.165) is 6.08 Å². The first kappa shape index (κ1) is 11.4. The van der Waals surface area contributed by atoms with Gasteiger partial charge in [-0.05, 0) is 31.9 Å². The van der Waals surface area contributed by atoms with Crippen molar-refractivity contribution in [3.05, 3.63) is 32.5 Å². The van der Waals surface area contributed by atoms with Crippen LogP contribution >= 0.6 is 31.9 Å². The number of nitro groups is 2. The van der Waals surface area contributed by atoms with E-state index in [9.17, 15) is 20.2 Å². The van der Waals surface area contributed by atoms with E-state index in [4.69, 9.17) is 0 Å². The Morgan fingerprint density at radius 3 is 2.07 bits per heavy atom. The van der Waals surface area contributed by atoms with E-state index in [1.54, 1.807) is 0 Å². The fourth-order valence-electron chi connectivity index (χ4n) is 1.05. The van der Waals surface area contributed by atoms with Gasteiger partial charge in [0, 0.05) is 6.20 Å². The van der Waals surface area contributed by atoms with Crippen LogP contribution in [0.1, 0.15) is 6.42 Å². The Bertz CT molecular complexity index is 302. The number of nitrogens with one attached hydrogen (secondary N) is 1. The first-order chi connectivity index (χ1) is 6.30. The Morgan fingerprint density at radius 1 is 1.29 bits per heavy atom. The number of hydrogen-bond donors (Lipinski definition) is 1. The zero-order chi connectivity index (χ0) is 11.0. The van der Waals surface area contributed by atoms with Crippen molar-refractivity contribution in [2.45, 2.75) is 15.4 Å². The van der Waals surface area contributed by atoms with Crippen LogP contribution in [-0.4, -0.2) is 18.9 Å². The highest BCUT2D eigenvalue weighted by Crippen LogP contribution is 2.37. The number of rotatable bonds is 2. The lowest BCUT2D eigenvalue weighted by atomic mass is 10.1. The average Bonchev–Trinajstić information content (AvgIpc) is 2.01. The highest BCUT2D eigenvalue weighted by atomic mass is 79.9. The van der Waals surface area contributed by atoms with E-state index < -0.39 is 18.9 Å². The van der Waals surface area contributed by atoms with E-state index in [1.807, 2.05) is 0 Å². The summed E-state index contributed by atoms with van der Waals surface area (Å²) in [6, 6.07) is 0. The molecule has 0 aromatic heterocycles. The summed E-state index contributed by atoms with van der Waals surface area (Å²) in [4.78, 5) is 19.5. The second-order valence-electron chi connectivity index (χ2n) is 2.75. The Balaban J connectivity index is 3.13. The van der Waals surface area contributed by atoms with Gasteiger partial charge in [0.1, 0.15) is 16.3 Å². The molecule has 9 heteroatoms. The van der Waals surface area contributed by atoms with Gasteiger partial charge in [-0.3, -0.25) is 20.2 Å². The number of halogens is 2. The summed E-state index contributed by atoms with van der Waals surface area (Å²) in [5.41, 5.74) is -2.28. The summed E-state index contributed by atoms with van der Waals surface area (Å²) < 4.78 is -1.02. The van der Waals surface area contributed by atoms with E-state index >= 15 is 0 Å². The molecule has 0 unspecified atom stereocenters. The molecule has 1 aliphatic heterocycles. The minimum absolute atomic E-state index is 0.337. The van der Waals surface area contributed by atoms with Crippen molar-refractivity contribution in [1.82, 2.24) is 5.32 Å². The minimum Gasteiger partial charge on any atom is -0.367 e. The Labute approximate surface area is 95.1 Å². The lowest BCUT2D eigenvalue weighted by Crippen LogP contribution is -2.53. The van der Waals surface area contributed by atoms with Crippen molar-refractivity contribution >= 4 is 31.9 Å². The maximum absolute atomic E-state index is 10.6. The Kier molecular flexibility index (Phi) is 2.81. The molecule has 0 aromatic carbocycles. The quantitative estimate of drug-likeness (QED) is 0.269. The highest BCUT2D eigenvalue weighted by Gasteiger charge is 2.60. The number of alkyl halides is 2. The molecule has 0 aromatic rings. The van der Waals surface area contributed by atoms with Gasteiger partial charge in [-0.25, -0.2) is 0 Å². The molecule has 0 fully saturated rings. The average molecular weight is 331 g/mol. The normalized spacial score (nSPS) is 22.4. The standard InChI is InChI=1S/C5H5Br2N3O4/c6-5(7)3-4(9(11)12,10(13)14)1-2-8-5/h1-2,8H,3H2. The molecular weight excluding hydrogens is 326 g/mol. The van der Waals surface area contributed by atoms with Crippen molar-refractivity contribution in [1.29, 1.82) is 0 Å². The number of nitrogens with zero attached hydrogens (tertiary/aromatic N) is 2. The first-order valence-electron chi connectivity index (χ1n) is 3.42. The predicted molar refractivity (Wildman–Crippen MR) is 54.2 cm³/mol. The zero-order valence-corrected chi connectivity index (χ0v) is 9.82. The monoisotopic (exact) mass is 329 g/mol. The van der Waals surface area contributed by atoms with Gasteiger partial charge in [-0.1, -0.05) is 0 Å². The molecule has 1 heterocycles. The smallest absolute Gasteiger partial charge is 0.367 e. The molecule has 0 spiro atoms. The first-order valence-corrected chi connectivity index (χ1v) is 5.01. The lowest BCUT2D eigenvalue weighted by molar-refractivity contribution is -0.782. The van der Waals surface area contributed by atoms with Gasteiger partial charge in [-0.15, -0.1) is 0 Å². The summed E-state index contributed by atoms with van der Waals surface area (Å²) in [6.07, 6.45) is 1.77. The van der Waals surface area contributed by atoms with Gasteiger partial charge < -0.3 is 5.32 Å². The van der Waals surface area contributed by atoms with Crippen LogP contribution in [0.3, 0.4) is 0 Å². The van der Waals surface area contributed by atoms with Crippen molar-refractivity contribution in [3.63, 3.8) is 0 Å². The summed E-state index contributed by atoms with van der Waals surface area (Å²) in [5, 5.41) is 24.0. The maximum Gasteiger partial charge on any atom is 0.483 e. The van der Waals surface area contributed by atoms with Crippen LogP contribution < -0.4 is 5.32 Å². The topological polar surface area (TPSA) is 98.3 Å². The van der Waals surface area contributed by atoms with Crippen LogP contribution in [0.15, 0.2) is 12.3 Å². The second-order valence-corrected chi connectivity index (χ2v) is 6.52. The van der Waals surface area contributed by atoms with E-state index in [0.29, 0.717) is 0 Å². The van der Waals surface area contributed by atoms with Gasteiger partial charge >= 0.3 is 5.66 Å². The molecule has 0 bridgehead atoms. The molecular formula is C5H5Br2N3O4. The molecule has 0 saturated carbocycles. The van der Waals surface area contributed by atoms with Crippen LogP contribution in [0.2, 0.25) is 0 Å². The van der Waals surface area contributed by atoms with Crippen LogP contribution in [0.25, 0.3) is 0 Å². The second kappa shape index (κ2) is 3.46. The van der Waals surface area contributed by atoms with Crippen LogP contribution in [0.4, 0.5) is 0 Å². The molecule has 0 radical (unpaired) electrons. The van der Waals surface area contributed by atoms with Crippen molar-refractivity contribution < 1.29 is 9.85 Å². The molecule has 1 N–H and O–H groups in total. The number of hydrogen-bond acceptors (Lipinski definition) is 5. The molecule has 7 nitrogen and oxygen atoms in total. The fourth-order valence-corrected chi connectivity index (χ4v) is 2.14. The van der Waals surface area contributed by atoms with Crippen LogP contribution in [0.5, 0.6) is 0 Å². The summed E-state index contributed by atoms with van der Waals surface area (Å²) >= 11 is 6.10. The maximum atomic E-state index is 10.6. The van der Waals surface area contributed by atoms with E-state index in [-0.39, 0.29) is 6.42 Å². The predicted octanol–water partition coefficient (Wildman–Crippen LogP) is 1.19. The lowest BCUT2D eigenvalue weighted by Gasteiger charge is -2.27.